The first kappa shape index (κ1) is 18.6. The van der Waals surface area contributed by atoms with Gasteiger partial charge in [0.05, 0.1) is 17.3 Å². The number of para-hydroxylation sites is 1. The van der Waals surface area contributed by atoms with Crippen molar-refractivity contribution in [3.63, 3.8) is 0 Å². The molecular weight excluding hydrogens is 401 g/mol. The smallest absolute Gasteiger partial charge is 0.258 e. The van der Waals surface area contributed by atoms with E-state index in [1.54, 1.807) is 6.07 Å². The third-order valence-electron chi connectivity index (χ3n) is 5.35. The first-order valence-corrected chi connectivity index (χ1v) is 9.97. The molecule has 148 valence electrons. The van der Waals surface area contributed by atoms with Crippen molar-refractivity contribution in [2.75, 3.05) is 0 Å². The third kappa shape index (κ3) is 3.27. The molecular formula is C24H17ClFN3O. The molecule has 0 fully saturated rings. The number of benzene rings is 3. The van der Waals surface area contributed by atoms with E-state index in [-0.39, 0.29) is 17.4 Å². The summed E-state index contributed by atoms with van der Waals surface area (Å²) in [5.41, 5.74) is 7.04. The fourth-order valence-corrected chi connectivity index (χ4v) is 4.07. The average molecular weight is 418 g/mol. The Morgan fingerprint density at radius 1 is 0.967 bits per heavy atom. The van der Waals surface area contributed by atoms with Crippen molar-refractivity contribution in [3.05, 3.63) is 105 Å². The second-order valence-corrected chi connectivity index (χ2v) is 7.69. The molecule has 4 nitrogen and oxygen atoms in total. The van der Waals surface area contributed by atoms with Crippen LogP contribution in [0.5, 0.6) is 0 Å². The van der Waals surface area contributed by atoms with E-state index >= 15 is 0 Å². The molecule has 4 aromatic rings. The first-order chi connectivity index (χ1) is 14.6. The number of hydrazone groups is 1. The molecule has 0 saturated heterocycles. The molecule has 0 amide bonds. The molecule has 1 aliphatic rings. The molecule has 1 aliphatic heterocycles. The van der Waals surface area contributed by atoms with Gasteiger partial charge in [0.1, 0.15) is 5.82 Å². The zero-order valence-electron chi connectivity index (χ0n) is 15.8. The van der Waals surface area contributed by atoms with E-state index in [9.17, 15) is 9.18 Å². The third-order valence-corrected chi connectivity index (χ3v) is 5.60. The fraction of sp³-hybridized carbons (Fsp3) is 0.0833. The number of aromatic nitrogens is 1. The van der Waals surface area contributed by atoms with Gasteiger partial charge >= 0.3 is 0 Å². The Kier molecular flexibility index (Phi) is 4.60. The summed E-state index contributed by atoms with van der Waals surface area (Å²) in [6, 6.07) is 21.3. The summed E-state index contributed by atoms with van der Waals surface area (Å²) < 4.78 is 14.0. The molecule has 0 aliphatic carbocycles. The van der Waals surface area contributed by atoms with Crippen LogP contribution in [0.4, 0.5) is 4.39 Å². The molecule has 1 atom stereocenters. The van der Waals surface area contributed by atoms with Crippen LogP contribution < -0.4 is 11.0 Å². The fourth-order valence-electron chi connectivity index (χ4n) is 3.95. The Morgan fingerprint density at radius 2 is 1.77 bits per heavy atom. The first-order valence-electron chi connectivity index (χ1n) is 9.59. The van der Waals surface area contributed by atoms with Crippen LogP contribution in [0.1, 0.15) is 23.6 Å². The second kappa shape index (κ2) is 7.43. The Balaban J connectivity index is 1.66. The Bertz CT molecular complexity index is 1340. The zero-order chi connectivity index (χ0) is 20.7. The van der Waals surface area contributed by atoms with E-state index in [1.165, 1.54) is 12.1 Å². The number of hydrogen-bond donors (Lipinski definition) is 2. The number of fused-ring (bicyclic) bond motifs is 1. The Morgan fingerprint density at radius 3 is 2.57 bits per heavy atom. The summed E-state index contributed by atoms with van der Waals surface area (Å²) in [5, 5.41) is 5.99. The van der Waals surface area contributed by atoms with E-state index in [2.05, 4.69) is 15.5 Å². The average Bonchev–Trinajstić information content (AvgIpc) is 3.23. The molecule has 5 rings (SSSR count). The topological polar surface area (TPSA) is 57.2 Å². The van der Waals surface area contributed by atoms with Crippen LogP contribution in [0.2, 0.25) is 5.02 Å². The summed E-state index contributed by atoms with van der Waals surface area (Å²) in [5.74, 6) is -0.353. The van der Waals surface area contributed by atoms with Gasteiger partial charge in [0.2, 0.25) is 0 Å². The SMILES string of the molecule is O=c1[nH]c2ccccc2c(-c2cccc(F)c2)c1C1=NNC(c2ccc(Cl)cc2)C1. The van der Waals surface area contributed by atoms with Crippen LogP contribution in [-0.4, -0.2) is 10.7 Å². The van der Waals surface area contributed by atoms with Gasteiger partial charge in [0, 0.05) is 27.9 Å². The molecule has 2 heterocycles. The van der Waals surface area contributed by atoms with Gasteiger partial charge in [0.15, 0.2) is 0 Å². The van der Waals surface area contributed by atoms with E-state index < -0.39 is 0 Å². The molecule has 30 heavy (non-hydrogen) atoms. The molecule has 1 unspecified atom stereocenters. The number of hydrogen-bond acceptors (Lipinski definition) is 3. The summed E-state index contributed by atoms with van der Waals surface area (Å²) in [7, 11) is 0. The van der Waals surface area contributed by atoms with Crippen molar-refractivity contribution in [3.8, 4) is 11.1 Å². The lowest BCUT2D eigenvalue weighted by Crippen LogP contribution is -2.20. The van der Waals surface area contributed by atoms with Gasteiger partial charge in [-0.1, -0.05) is 54.1 Å². The molecule has 6 heteroatoms. The molecule has 3 aromatic carbocycles. The van der Waals surface area contributed by atoms with Crippen molar-refractivity contribution >= 4 is 28.2 Å². The Hall–Kier alpha value is -3.44. The lowest BCUT2D eigenvalue weighted by molar-refractivity contribution is 0.620. The molecule has 2 N–H and O–H groups in total. The highest BCUT2D eigenvalue weighted by atomic mass is 35.5. The lowest BCUT2D eigenvalue weighted by Gasteiger charge is -2.14. The highest BCUT2D eigenvalue weighted by Gasteiger charge is 2.26. The summed E-state index contributed by atoms with van der Waals surface area (Å²) in [6.45, 7) is 0. The predicted molar refractivity (Wildman–Crippen MR) is 118 cm³/mol. The van der Waals surface area contributed by atoms with E-state index in [4.69, 9.17) is 11.6 Å². The number of pyridine rings is 1. The van der Waals surface area contributed by atoms with E-state index in [1.807, 2.05) is 54.6 Å². The van der Waals surface area contributed by atoms with Gasteiger partial charge in [-0.25, -0.2) is 4.39 Å². The van der Waals surface area contributed by atoms with Gasteiger partial charge in [0.25, 0.3) is 5.56 Å². The number of rotatable bonds is 3. The largest absolute Gasteiger partial charge is 0.321 e. The second-order valence-electron chi connectivity index (χ2n) is 7.26. The van der Waals surface area contributed by atoms with Crippen LogP contribution in [0.15, 0.2) is 82.7 Å². The van der Waals surface area contributed by atoms with Gasteiger partial charge in [-0.3, -0.25) is 4.79 Å². The lowest BCUT2D eigenvalue weighted by atomic mass is 9.91. The molecule has 1 aromatic heterocycles. The van der Waals surface area contributed by atoms with E-state index in [0.717, 1.165) is 10.9 Å². The minimum Gasteiger partial charge on any atom is -0.321 e. The molecule has 0 saturated carbocycles. The quantitative estimate of drug-likeness (QED) is 0.467. The van der Waals surface area contributed by atoms with Crippen LogP contribution in [0.3, 0.4) is 0 Å². The maximum atomic E-state index is 14.0. The highest BCUT2D eigenvalue weighted by molar-refractivity contribution is 6.30. The minimum absolute atomic E-state index is 0.0662. The minimum atomic E-state index is -0.353. The maximum absolute atomic E-state index is 14.0. The standard InChI is InChI=1S/C24H17ClFN3O/c25-16-10-8-14(9-11-16)20-13-21(29-28-20)23-22(15-4-3-5-17(26)12-15)18-6-1-2-7-19(18)27-24(23)30/h1-12,20,28H,13H2,(H,27,30). The van der Waals surface area contributed by atoms with Gasteiger partial charge < -0.3 is 10.4 Å². The van der Waals surface area contributed by atoms with Crippen molar-refractivity contribution in [1.29, 1.82) is 0 Å². The van der Waals surface area contributed by atoms with Crippen LogP contribution in [0, 0.1) is 5.82 Å². The normalized spacial score (nSPS) is 15.8. The summed E-state index contributed by atoms with van der Waals surface area (Å²) in [4.78, 5) is 16.1. The monoisotopic (exact) mass is 417 g/mol. The van der Waals surface area contributed by atoms with Crippen molar-refractivity contribution in [1.82, 2.24) is 10.4 Å². The maximum Gasteiger partial charge on any atom is 0.258 e. The molecule has 0 bridgehead atoms. The predicted octanol–water partition coefficient (Wildman–Crippen LogP) is 5.43. The molecule has 0 spiro atoms. The number of halogens is 2. The van der Waals surface area contributed by atoms with Crippen molar-refractivity contribution in [2.45, 2.75) is 12.5 Å². The van der Waals surface area contributed by atoms with Crippen LogP contribution in [0.25, 0.3) is 22.0 Å². The number of nitrogens with one attached hydrogen (secondary N) is 2. The number of nitrogens with zero attached hydrogens (tertiary/aromatic N) is 1. The summed E-state index contributed by atoms with van der Waals surface area (Å²) >= 11 is 6.00. The van der Waals surface area contributed by atoms with Crippen molar-refractivity contribution in [2.24, 2.45) is 5.10 Å². The highest BCUT2D eigenvalue weighted by Crippen LogP contribution is 2.33. The summed E-state index contributed by atoms with van der Waals surface area (Å²) in [6.07, 6.45) is 0.533. The molecule has 0 radical (unpaired) electrons. The number of aromatic amines is 1. The van der Waals surface area contributed by atoms with Gasteiger partial charge in [-0.05, 0) is 41.5 Å². The van der Waals surface area contributed by atoms with E-state index in [0.29, 0.717) is 39.4 Å². The van der Waals surface area contributed by atoms with Crippen LogP contribution >= 0.6 is 11.6 Å². The number of H-pyrrole nitrogens is 1. The van der Waals surface area contributed by atoms with Crippen molar-refractivity contribution < 1.29 is 4.39 Å². The zero-order valence-corrected chi connectivity index (χ0v) is 16.6. The Labute approximate surface area is 177 Å². The van der Waals surface area contributed by atoms with Crippen LogP contribution in [-0.2, 0) is 0 Å². The van der Waals surface area contributed by atoms with Gasteiger partial charge in [-0.2, -0.15) is 5.10 Å². The van der Waals surface area contributed by atoms with Gasteiger partial charge in [-0.15, -0.1) is 0 Å².